The average Bonchev–Trinajstić information content (AvgIpc) is 3.10. The fourth-order valence-corrected chi connectivity index (χ4v) is 4.28. The fourth-order valence-electron chi connectivity index (χ4n) is 3.67. The van der Waals surface area contributed by atoms with Crippen molar-refractivity contribution >= 4 is 17.2 Å². The molecule has 0 aliphatic carbocycles. The van der Waals surface area contributed by atoms with Crippen molar-refractivity contribution in [3.8, 4) is 0 Å². The molecule has 2 saturated heterocycles. The SMILES string of the molecule is Cc1nc(CC(=O)N2CCCC2C2CCCN2C)cs1. The summed E-state index contributed by atoms with van der Waals surface area (Å²) in [6, 6.07) is 0.994. The fraction of sp³-hybridized carbons (Fsp3) is 0.733. The van der Waals surface area contributed by atoms with E-state index in [0.29, 0.717) is 18.5 Å². The van der Waals surface area contributed by atoms with E-state index in [1.54, 1.807) is 11.3 Å². The molecule has 2 fully saturated rings. The lowest BCUT2D eigenvalue weighted by Crippen LogP contribution is -2.47. The predicted octanol–water partition coefficient (Wildman–Crippen LogP) is 2.08. The summed E-state index contributed by atoms with van der Waals surface area (Å²) in [6.45, 7) is 4.09. The van der Waals surface area contributed by atoms with E-state index in [1.807, 2.05) is 12.3 Å². The van der Waals surface area contributed by atoms with Gasteiger partial charge in [0.1, 0.15) is 0 Å². The van der Waals surface area contributed by atoms with Crippen LogP contribution >= 0.6 is 11.3 Å². The maximum absolute atomic E-state index is 12.6. The Hall–Kier alpha value is -0.940. The molecule has 0 radical (unpaired) electrons. The maximum Gasteiger partial charge on any atom is 0.228 e. The minimum Gasteiger partial charge on any atom is -0.338 e. The van der Waals surface area contributed by atoms with Gasteiger partial charge in [-0.2, -0.15) is 0 Å². The average molecular weight is 293 g/mol. The largest absolute Gasteiger partial charge is 0.338 e. The Kier molecular flexibility index (Phi) is 4.08. The third-order valence-electron chi connectivity index (χ3n) is 4.64. The van der Waals surface area contributed by atoms with E-state index < -0.39 is 0 Å². The highest BCUT2D eigenvalue weighted by molar-refractivity contribution is 7.09. The highest BCUT2D eigenvalue weighted by Crippen LogP contribution is 2.29. The number of rotatable bonds is 3. The Morgan fingerprint density at radius 2 is 2.10 bits per heavy atom. The van der Waals surface area contributed by atoms with Gasteiger partial charge in [0.2, 0.25) is 5.91 Å². The molecular formula is C15H23N3OS. The Bertz CT molecular complexity index is 487. The molecule has 0 spiro atoms. The first-order valence-corrected chi connectivity index (χ1v) is 8.44. The van der Waals surface area contributed by atoms with Crippen LogP contribution < -0.4 is 0 Å². The van der Waals surface area contributed by atoms with Crippen molar-refractivity contribution in [3.05, 3.63) is 16.1 Å². The third-order valence-corrected chi connectivity index (χ3v) is 5.46. The van der Waals surface area contributed by atoms with E-state index in [9.17, 15) is 4.79 Å². The summed E-state index contributed by atoms with van der Waals surface area (Å²) >= 11 is 1.63. The molecule has 2 aliphatic rings. The van der Waals surface area contributed by atoms with Gasteiger partial charge in [-0.3, -0.25) is 4.79 Å². The molecule has 110 valence electrons. The van der Waals surface area contributed by atoms with Gasteiger partial charge >= 0.3 is 0 Å². The highest BCUT2D eigenvalue weighted by atomic mass is 32.1. The third kappa shape index (κ3) is 2.74. The van der Waals surface area contributed by atoms with E-state index in [2.05, 4.69) is 21.8 Å². The summed E-state index contributed by atoms with van der Waals surface area (Å²) in [4.78, 5) is 21.5. The minimum absolute atomic E-state index is 0.262. The molecule has 3 heterocycles. The number of aromatic nitrogens is 1. The molecular weight excluding hydrogens is 270 g/mol. The molecule has 1 aromatic rings. The van der Waals surface area contributed by atoms with Crippen LogP contribution in [-0.4, -0.2) is 52.9 Å². The van der Waals surface area contributed by atoms with Crippen LogP contribution in [0.4, 0.5) is 0 Å². The molecule has 2 aliphatic heterocycles. The van der Waals surface area contributed by atoms with Gasteiger partial charge in [0.15, 0.2) is 0 Å². The van der Waals surface area contributed by atoms with E-state index in [1.165, 1.54) is 19.4 Å². The Morgan fingerprint density at radius 1 is 1.35 bits per heavy atom. The van der Waals surface area contributed by atoms with Crippen LogP contribution in [0.1, 0.15) is 36.4 Å². The van der Waals surface area contributed by atoms with Crippen molar-refractivity contribution in [1.29, 1.82) is 0 Å². The number of aryl methyl sites for hydroxylation is 1. The Morgan fingerprint density at radius 3 is 2.75 bits per heavy atom. The van der Waals surface area contributed by atoms with Gasteiger partial charge in [-0.1, -0.05) is 0 Å². The summed E-state index contributed by atoms with van der Waals surface area (Å²) in [6.07, 6.45) is 5.29. The van der Waals surface area contributed by atoms with Gasteiger partial charge in [-0.25, -0.2) is 4.98 Å². The first kappa shape index (κ1) is 14.0. The van der Waals surface area contributed by atoms with Crippen LogP contribution in [0.5, 0.6) is 0 Å². The van der Waals surface area contributed by atoms with Gasteiger partial charge in [-0.15, -0.1) is 11.3 Å². The molecule has 5 heteroatoms. The number of likely N-dealkylation sites (N-methyl/N-ethyl adjacent to an activating group) is 1. The number of likely N-dealkylation sites (tertiary alicyclic amines) is 2. The Labute approximate surface area is 124 Å². The number of amides is 1. The van der Waals surface area contributed by atoms with E-state index in [-0.39, 0.29) is 5.91 Å². The standard InChI is InChI=1S/C15H23N3OS/c1-11-16-12(10-20-11)9-15(19)18-8-4-6-14(18)13-5-3-7-17(13)2/h10,13-14H,3-9H2,1-2H3. The molecule has 2 atom stereocenters. The zero-order valence-corrected chi connectivity index (χ0v) is 13.2. The predicted molar refractivity (Wildman–Crippen MR) is 80.9 cm³/mol. The normalized spacial score (nSPS) is 27.4. The summed E-state index contributed by atoms with van der Waals surface area (Å²) in [5.41, 5.74) is 0.933. The van der Waals surface area contributed by atoms with Crippen LogP contribution in [0.25, 0.3) is 0 Å². The van der Waals surface area contributed by atoms with Crippen LogP contribution in [0.15, 0.2) is 5.38 Å². The first-order chi connectivity index (χ1) is 9.65. The second-order valence-electron chi connectivity index (χ2n) is 6.02. The molecule has 0 N–H and O–H groups in total. The topological polar surface area (TPSA) is 36.4 Å². The lowest BCUT2D eigenvalue weighted by Gasteiger charge is -2.33. The summed E-state index contributed by atoms with van der Waals surface area (Å²) in [5.74, 6) is 0.262. The number of hydrogen-bond acceptors (Lipinski definition) is 4. The van der Waals surface area contributed by atoms with Crippen molar-refractivity contribution in [2.75, 3.05) is 20.1 Å². The Balaban J connectivity index is 1.67. The van der Waals surface area contributed by atoms with Crippen LogP contribution in [0.3, 0.4) is 0 Å². The molecule has 3 rings (SSSR count). The molecule has 1 amide bonds. The van der Waals surface area contributed by atoms with Crippen LogP contribution in [0, 0.1) is 6.92 Å². The van der Waals surface area contributed by atoms with Gasteiger partial charge < -0.3 is 9.80 Å². The number of carbonyl (C=O) groups excluding carboxylic acids is 1. The van der Waals surface area contributed by atoms with Crippen molar-refractivity contribution < 1.29 is 4.79 Å². The number of hydrogen-bond donors (Lipinski definition) is 0. The first-order valence-electron chi connectivity index (χ1n) is 7.56. The zero-order valence-electron chi connectivity index (χ0n) is 12.3. The second-order valence-corrected chi connectivity index (χ2v) is 7.08. The van der Waals surface area contributed by atoms with Gasteiger partial charge in [-0.05, 0) is 46.2 Å². The lowest BCUT2D eigenvalue weighted by molar-refractivity contribution is -0.132. The van der Waals surface area contributed by atoms with Crippen LogP contribution in [0.2, 0.25) is 0 Å². The number of thiazole rings is 1. The smallest absolute Gasteiger partial charge is 0.228 e. The van der Waals surface area contributed by atoms with Gasteiger partial charge in [0.05, 0.1) is 17.1 Å². The molecule has 2 unspecified atom stereocenters. The molecule has 0 aromatic carbocycles. The van der Waals surface area contributed by atoms with E-state index in [4.69, 9.17) is 0 Å². The van der Waals surface area contributed by atoms with E-state index in [0.717, 1.165) is 30.1 Å². The highest BCUT2D eigenvalue weighted by Gasteiger charge is 2.38. The van der Waals surface area contributed by atoms with Gasteiger partial charge in [0, 0.05) is 24.0 Å². The number of nitrogens with zero attached hydrogens (tertiary/aromatic N) is 3. The molecule has 4 nitrogen and oxygen atoms in total. The quantitative estimate of drug-likeness (QED) is 0.856. The summed E-state index contributed by atoms with van der Waals surface area (Å²) in [5, 5.41) is 3.06. The number of carbonyl (C=O) groups is 1. The van der Waals surface area contributed by atoms with E-state index >= 15 is 0 Å². The molecule has 0 saturated carbocycles. The van der Waals surface area contributed by atoms with Crippen LogP contribution in [-0.2, 0) is 11.2 Å². The zero-order chi connectivity index (χ0) is 14.1. The molecule has 0 bridgehead atoms. The molecule has 1 aromatic heterocycles. The van der Waals surface area contributed by atoms with Gasteiger partial charge in [0.25, 0.3) is 0 Å². The molecule has 20 heavy (non-hydrogen) atoms. The van der Waals surface area contributed by atoms with Crippen molar-refractivity contribution in [2.45, 2.75) is 51.1 Å². The minimum atomic E-state index is 0.262. The monoisotopic (exact) mass is 293 g/mol. The van der Waals surface area contributed by atoms with Crippen molar-refractivity contribution in [1.82, 2.24) is 14.8 Å². The second kappa shape index (κ2) is 5.82. The van der Waals surface area contributed by atoms with Crippen molar-refractivity contribution in [2.24, 2.45) is 0 Å². The lowest BCUT2D eigenvalue weighted by atomic mass is 10.0. The maximum atomic E-state index is 12.6. The van der Waals surface area contributed by atoms with Crippen molar-refractivity contribution in [3.63, 3.8) is 0 Å². The summed E-state index contributed by atoms with van der Waals surface area (Å²) in [7, 11) is 2.20. The summed E-state index contributed by atoms with van der Waals surface area (Å²) < 4.78 is 0.